The molecule has 9 nitrogen and oxygen atoms in total. The number of fused-ring (bicyclic) bond motifs is 2. The molecule has 11 heteroatoms. The molecule has 48 heavy (non-hydrogen) atoms. The number of piperazine rings is 1. The zero-order chi connectivity index (χ0) is 33.8. The number of amides is 2. The average molecular weight is 673 g/mol. The second-order valence-electron chi connectivity index (χ2n) is 13.5. The molecular formula is C37H42ClFN6O3. The summed E-state index contributed by atoms with van der Waals surface area (Å²) in [5.41, 5.74) is 4.35. The summed E-state index contributed by atoms with van der Waals surface area (Å²) >= 11 is 6.50. The van der Waals surface area contributed by atoms with Gasteiger partial charge in [-0.05, 0) is 92.6 Å². The number of nitrogens with zero attached hydrogens (tertiary/aromatic N) is 6. The average Bonchev–Trinajstić information content (AvgIpc) is 3.52. The minimum Gasteiger partial charge on any atom is -0.444 e. The summed E-state index contributed by atoms with van der Waals surface area (Å²) in [5.74, 6) is -0.447. The van der Waals surface area contributed by atoms with Crippen LogP contribution in [0, 0.1) is 5.82 Å². The molecule has 2 aromatic heterocycles. The van der Waals surface area contributed by atoms with Crippen molar-refractivity contribution in [1.82, 2.24) is 29.2 Å². The van der Waals surface area contributed by atoms with E-state index in [0.29, 0.717) is 44.2 Å². The summed E-state index contributed by atoms with van der Waals surface area (Å²) in [6, 6.07) is 15.2. The molecule has 0 saturated carbocycles. The van der Waals surface area contributed by atoms with Crippen LogP contribution in [0.25, 0.3) is 0 Å². The van der Waals surface area contributed by atoms with E-state index < -0.39 is 17.7 Å². The third-order valence-electron chi connectivity index (χ3n) is 8.94. The Bertz CT molecular complexity index is 1730. The first-order valence-electron chi connectivity index (χ1n) is 16.5. The van der Waals surface area contributed by atoms with Crippen LogP contribution in [0.15, 0.2) is 79.5 Å². The Labute approximate surface area is 286 Å². The quantitative estimate of drug-likeness (QED) is 0.219. The van der Waals surface area contributed by atoms with Gasteiger partial charge >= 0.3 is 6.09 Å². The first kappa shape index (κ1) is 33.6. The third-order valence-corrected chi connectivity index (χ3v) is 9.18. The molecule has 2 aromatic carbocycles. The number of aromatic nitrogens is 3. The summed E-state index contributed by atoms with van der Waals surface area (Å²) in [6.07, 6.45) is 9.02. The van der Waals surface area contributed by atoms with Crippen molar-refractivity contribution < 1.29 is 18.7 Å². The highest BCUT2D eigenvalue weighted by atomic mass is 35.5. The van der Waals surface area contributed by atoms with Crippen LogP contribution >= 0.6 is 11.6 Å². The molecule has 4 aromatic rings. The van der Waals surface area contributed by atoms with Gasteiger partial charge in [0.05, 0.1) is 18.1 Å². The maximum absolute atomic E-state index is 15.0. The number of hydrogen-bond acceptors (Lipinski definition) is 6. The Morgan fingerprint density at radius 1 is 1.04 bits per heavy atom. The van der Waals surface area contributed by atoms with Crippen molar-refractivity contribution in [3.05, 3.63) is 118 Å². The largest absolute Gasteiger partial charge is 0.444 e. The lowest BCUT2D eigenvalue weighted by atomic mass is 9.94. The molecule has 3 heterocycles. The van der Waals surface area contributed by atoms with Crippen molar-refractivity contribution >= 4 is 23.6 Å². The molecule has 1 aliphatic heterocycles. The van der Waals surface area contributed by atoms with Gasteiger partial charge in [0.1, 0.15) is 17.5 Å². The number of carbonyl (C=O) groups excluding carboxylic acids is 2. The van der Waals surface area contributed by atoms with Crippen LogP contribution in [-0.4, -0.2) is 79.1 Å². The highest BCUT2D eigenvalue weighted by Gasteiger charge is 2.43. The smallest absolute Gasteiger partial charge is 0.410 e. The number of carbonyl (C=O) groups is 2. The SMILES string of the molecule is CC(C)(C)OC(=O)N1CCN([C@@H]2c3ccc(Cl)cc3CCc3cccnc32)[C@@H](C(=O)N(CCCn2ccnc2)Cc2ccc(F)cc2)C1. The van der Waals surface area contributed by atoms with Gasteiger partial charge in [-0.2, -0.15) is 0 Å². The fourth-order valence-corrected chi connectivity index (χ4v) is 6.88. The fourth-order valence-electron chi connectivity index (χ4n) is 6.69. The Hall–Kier alpha value is -4.28. The van der Waals surface area contributed by atoms with E-state index in [9.17, 15) is 9.18 Å². The van der Waals surface area contributed by atoms with E-state index in [2.05, 4.69) is 22.0 Å². The lowest BCUT2D eigenvalue weighted by Crippen LogP contribution is -2.61. The lowest BCUT2D eigenvalue weighted by Gasteiger charge is -2.46. The van der Waals surface area contributed by atoms with E-state index in [1.807, 2.05) is 54.6 Å². The van der Waals surface area contributed by atoms with Crippen molar-refractivity contribution in [3.8, 4) is 0 Å². The zero-order valence-corrected chi connectivity index (χ0v) is 28.4. The summed E-state index contributed by atoms with van der Waals surface area (Å²) in [5, 5.41) is 0.664. The van der Waals surface area contributed by atoms with Crippen LogP contribution in [-0.2, 0) is 35.5 Å². The molecule has 0 spiro atoms. The topological polar surface area (TPSA) is 83.8 Å². The number of ether oxygens (including phenoxy) is 1. The Balaban J connectivity index is 1.39. The molecule has 252 valence electrons. The summed E-state index contributed by atoms with van der Waals surface area (Å²) in [4.78, 5) is 43.2. The van der Waals surface area contributed by atoms with Crippen LogP contribution in [0.5, 0.6) is 0 Å². The van der Waals surface area contributed by atoms with E-state index in [4.69, 9.17) is 21.3 Å². The van der Waals surface area contributed by atoms with E-state index in [0.717, 1.165) is 40.8 Å². The second kappa shape index (κ2) is 14.5. The number of pyridine rings is 1. The fraction of sp³-hybridized carbons (Fsp3) is 0.405. The maximum Gasteiger partial charge on any atom is 0.410 e. The number of imidazole rings is 1. The summed E-state index contributed by atoms with van der Waals surface area (Å²) in [6.45, 7) is 7.91. The molecule has 2 atom stereocenters. The lowest BCUT2D eigenvalue weighted by molar-refractivity contribution is -0.141. The van der Waals surface area contributed by atoms with Gasteiger partial charge in [-0.3, -0.25) is 14.7 Å². The molecular weight excluding hydrogens is 631 g/mol. The summed E-state index contributed by atoms with van der Waals surface area (Å²) < 4.78 is 21.6. The van der Waals surface area contributed by atoms with Gasteiger partial charge in [-0.15, -0.1) is 0 Å². The first-order chi connectivity index (χ1) is 23.1. The number of hydrogen-bond donors (Lipinski definition) is 0. The predicted octanol–water partition coefficient (Wildman–Crippen LogP) is 6.30. The van der Waals surface area contributed by atoms with E-state index in [-0.39, 0.29) is 24.3 Å². The molecule has 1 saturated heterocycles. The van der Waals surface area contributed by atoms with Crippen molar-refractivity contribution in [1.29, 1.82) is 0 Å². The third kappa shape index (κ3) is 7.88. The van der Waals surface area contributed by atoms with Crippen LogP contribution in [0.1, 0.15) is 61.2 Å². The number of aryl methyl sites for hydroxylation is 3. The van der Waals surface area contributed by atoms with Gasteiger partial charge in [0.2, 0.25) is 5.91 Å². The molecule has 0 radical (unpaired) electrons. The minimum absolute atomic E-state index is 0.115. The first-order valence-corrected chi connectivity index (χ1v) is 16.9. The number of benzene rings is 2. The van der Waals surface area contributed by atoms with E-state index in [1.54, 1.807) is 35.8 Å². The molecule has 0 N–H and O–H groups in total. The predicted molar refractivity (Wildman–Crippen MR) is 182 cm³/mol. The Morgan fingerprint density at radius 3 is 2.58 bits per heavy atom. The summed E-state index contributed by atoms with van der Waals surface area (Å²) in [7, 11) is 0. The molecule has 0 bridgehead atoms. The van der Waals surface area contributed by atoms with Gasteiger partial charge in [0.15, 0.2) is 0 Å². The van der Waals surface area contributed by atoms with Crippen molar-refractivity contribution in [2.75, 3.05) is 26.2 Å². The van der Waals surface area contributed by atoms with Gasteiger partial charge in [0.25, 0.3) is 0 Å². The number of rotatable bonds is 8. The van der Waals surface area contributed by atoms with Gasteiger partial charge in [-0.25, -0.2) is 14.2 Å². The second-order valence-corrected chi connectivity index (χ2v) is 14.0. The van der Waals surface area contributed by atoms with Crippen LogP contribution in [0.2, 0.25) is 5.02 Å². The van der Waals surface area contributed by atoms with Crippen molar-refractivity contribution in [3.63, 3.8) is 0 Å². The molecule has 6 rings (SSSR count). The molecule has 2 amide bonds. The van der Waals surface area contributed by atoms with Gasteiger partial charge < -0.3 is 19.1 Å². The molecule has 1 aliphatic carbocycles. The van der Waals surface area contributed by atoms with Crippen LogP contribution in [0.4, 0.5) is 9.18 Å². The number of halogens is 2. The van der Waals surface area contributed by atoms with E-state index in [1.165, 1.54) is 12.1 Å². The Morgan fingerprint density at radius 2 is 1.83 bits per heavy atom. The standard InChI is InChI=1S/C37H42ClFN6O3/c1-37(2,3)48-36(47)44-20-21-45(34-31-14-11-29(38)22-28(31)10-9-27-6-4-15-41-33(27)34)32(24-44)35(46)43(18-5-17-42-19-16-40-25-42)23-26-7-12-30(39)13-8-26/h4,6-8,11-16,19,22,25,32,34H,5,9-10,17-18,20-21,23-24H2,1-3H3/t32-,34-/m1/s1. The van der Waals surface area contributed by atoms with E-state index >= 15 is 4.79 Å². The highest BCUT2D eigenvalue weighted by Crippen LogP contribution is 2.39. The zero-order valence-electron chi connectivity index (χ0n) is 27.7. The van der Waals surface area contributed by atoms with Crippen LogP contribution in [0.3, 0.4) is 0 Å². The van der Waals surface area contributed by atoms with Gasteiger partial charge in [0, 0.05) is 62.9 Å². The Kier molecular flexibility index (Phi) is 10.1. The normalized spacial score (nSPS) is 18.1. The van der Waals surface area contributed by atoms with Crippen molar-refractivity contribution in [2.24, 2.45) is 0 Å². The minimum atomic E-state index is -0.707. The monoisotopic (exact) mass is 672 g/mol. The van der Waals surface area contributed by atoms with Gasteiger partial charge in [-0.1, -0.05) is 35.9 Å². The molecule has 0 unspecified atom stereocenters. The molecule has 2 aliphatic rings. The van der Waals surface area contributed by atoms with Crippen LogP contribution < -0.4 is 0 Å². The highest BCUT2D eigenvalue weighted by molar-refractivity contribution is 6.30. The maximum atomic E-state index is 15.0. The van der Waals surface area contributed by atoms with Crippen molar-refractivity contribution in [2.45, 2.75) is 70.8 Å². The molecule has 1 fully saturated rings.